The summed E-state index contributed by atoms with van der Waals surface area (Å²) >= 11 is 6.11. The van der Waals surface area contributed by atoms with Gasteiger partial charge in [0, 0.05) is 33.3 Å². The molecule has 2 aliphatic heterocycles. The number of hydrogen-bond donors (Lipinski definition) is 2. The van der Waals surface area contributed by atoms with Crippen molar-refractivity contribution in [3.8, 4) is 0 Å². The van der Waals surface area contributed by atoms with Crippen LogP contribution in [0.15, 0.2) is 42.5 Å². The molecule has 23 heavy (non-hydrogen) atoms. The summed E-state index contributed by atoms with van der Waals surface area (Å²) in [6.45, 7) is 0.367. The minimum Gasteiger partial charge on any atom is -0.374 e. The van der Waals surface area contributed by atoms with Crippen LogP contribution in [0, 0.1) is 15.9 Å². The zero-order valence-electron chi connectivity index (χ0n) is 11.9. The van der Waals surface area contributed by atoms with Gasteiger partial charge < -0.3 is 5.32 Å². The Hall–Kier alpha value is -2.18. The van der Waals surface area contributed by atoms with E-state index in [2.05, 4.69) is 10.6 Å². The SMILES string of the molecule is O=[N+]([O-])C1C2CNC1(c1ccccc1F)c1cc(Cl)ccc1N2. The van der Waals surface area contributed by atoms with Crippen molar-refractivity contribution in [2.45, 2.75) is 17.6 Å². The van der Waals surface area contributed by atoms with Gasteiger partial charge in [-0.1, -0.05) is 29.8 Å². The van der Waals surface area contributed by atoms with Gasteiger partial charge in [0.1, 0.15) is 17.4 Å². The van der Waals surface area contributed by atoms with E-state index in [4.69, 9.17) is 11.6 Å². The van der Waals surface area contributed by atoms with Crippen LogP contribution in [0.4, 0.5) is 10.1 Å². The van der Waals surface area contributed by atoms with Crippen LogP contribution in [0.1, 0.15) is 11.1 Å². The summed E-state index contributed by atoms with van der Waals surface area (Å²) in [6.07, 6.45) is 0. The first-order valence-electron chi connectivity index (χ1n) is 7.24. The maximum absolute atomic E-state index is 14.5. The van der Waals surface area contributed by atoms with E-state index in [9.17, 15) is 14.5 Å². The van der Waals surface area contributed by atoms with E-state index in [0.717, 1.165) is 5.69 Å². The summed E-state index contributed by atoms with van der Waals surface area (Å²) in [7, 11) is 0. The third-order valence-corrected chi connectivity index (χ3v) is 4.93. The largest absolute Gasteiger partial charge is 0.374 e. The van der Waals surface area contributed by atoms with Crippen molar-refractivity contribution in [2.24, 2.45) is 0 Å². The van der Waals surface area contributed by atoms with Crippen molar-refractivity contribution in [2.75, 3.05) is 11.9 Å². The monoisotopic (exact) mass is 333 g/mol. The van der Waals surface area contributed by atoms with Crippen molar-refractivity contribution in [3.05, 3.63) is 74.5 Å². The number of rotatable bonds is 2. The average Bonchev–Trinajstić information content (AvgIpc) is 2.82. The number of nitro groups is 1. The average molecular weight is 334 g/mol. The Bertz CT molecular complexity index is 816. The molecule has 2 aromatic rings. The lowest BCUT2D eigenvalue weighted by Crippen LogP contribution is -2.55. The van der Waals surface area contributed by atoms with Gasteiger partial charge in [0.05, 0.1) is 0 Å². The van der Waals surface area contributed by atoms with Crippen LogP contribution in [-0.4, -0.2) is 23.6 Å². The van der Waals surface area contributed by atoms with Crippen molar-refractivity contribution in [3.63, 3.8) is 0 Å². The second-order valence-electron chi connectivity index (χ2n) is 5.84. The van der Waals surface area contributed by atoms with Gasteiger partial charge in [0.15, 0.2) is 0 Å². The zero-order valence-corrected chi connectivity index (χ0v) is 12.7. The Labute approximate surface area is 136 Å². The smallest absolute Gasteiger partial charge is 0.260 e. The molecular formula is C16H13ClFN3O2. The maximum Gasteiger partial charge on any atom is 0.260 e. The molecule has 0 aromatic heterocycles. The summed E-state index contributed by atoms with van der Waals surface area (Å²) in [5.41, 5.74) is 0.385. The molecule has 0 amide bonds. The fraction of sp³-hybridized carbons (Fsp3) is 0.250. The molecule has 0 aliphatic carbocycles. The van der Waals surface area contributed by atoms with Gasteiger partial charge >= 0.3 is 0 Å². The molecule has 3 atom stereocenters. The molecule has 0 radical (unpaired) electrons. The highest BCUT2D eigenvalue weighted by Gasteiger charge is 2.62. The molecule has 2 heterocycles. The van der Waals surface area contributed by atoms with E-state index < -0.39 is 23.4 Å². The predicted octanol–water partition coefficient (Wildman–Crippen LogP) is 2.77. The van der Waals surface area contributed by atoms with Crippen molar-refractivity contribution >= 4 is 17.3 Å². The van der Waals surface area contributed by atoms with Gasteiger partial charge in [-0.05, 0) is 24.3 Å². The van der Waals surface area contributed by atoms with Crippen molar-refractivity contribution in [1.82, 2.24) is 5.32 Å². The van der Waals surface area contributed by atoms with Crippen LogP contribution in [0.3, 0.4) is 0 Å². The Morgan fingerprint density at radius 3 is 2.78 bits per heavy atom. The molecule has 2 N–H and O–H groups in total. The molecule has 3 unspecified atom stereocenters. The number of nitrogens with one attached hydrogen (secondary N) is 2. The van der Waals surface area contributed by atoms with Crippen LogP contribution >= 0.6 is 11.6 Å². The van der Waals surface area contributed by atoms with E-state index in [1.165, 1.54) is 6.07 Å². The van der Waals surface area contributed by atoms with Crippen LogP contribution in [-0.2, 0) is 5.54 Å². The van der Waals surface area contributed by atoms with E-state index in [1.54, 1.807) is 36.4 Å². The quantitative estimate of drug-likeness (QED) is 0.655. The summed E-state index contributed by atoms with van der Waals surface area (Å²) in [6, 6.07) is 9.90. The first-order chi connectivity index (χ1) is 11.0. The lowest BCUT2D eigenvalue weighted by Gasteiger charge is -2.38. The van der Waals surface area contributed by atoms with Crippen LogP contribution in [0.2, 0.25) is 5.02 Å². The third-order valence-electron chi connectivity index (χ3n) is 4.70. The Balaban J connectivity index is 2.06. The van der Waals surface area contributed by atoms with Gasteiger partial charge in [-0.2, -0.15) is 0 Å². The van der Waals surface area contributed by atoms with Crippen LogP contribution < -0.4 is 10.6 Å². The van der Waals surface area contributed by atoms with Gasteiger partial charge in [0.2, 0.25) is 0 Å². The van der Waals surface area contributed by atoms with E-state index in [-0.39, 0.29) is 10.5 Å². The summed E-state index contributed by atoms with van der Waals surface area (Å²) in [5.74, 6) is -0.472. The molecule has 1 saturated heterocycles. The Kier molecular flexibility index (Phi) is 3.08. The first-order valence-corrected chi connectivity index (χ1v) is 7.62. The lowest BCUT2D eigenvalue weighted by molar-refractivity contribution is -0.531. The molecule has 2 aromatic carbocycles. The highest BCUT2D eigenvalue weighted by atomic mass is 35.5. The fourth-order valence-corrected chi connectivity index (χ4v) is 4.00. The highest BCUT2D eigenvalue weighted by molar-refractivity contribution is 6.30. The van der Waals surface area contributed by atoms with E-state index in [0.29, 0.717) is 17.1 Å². The van der Waals surface area contributed by atoms with Gasteiger partial charge in [-0.25, -0.2) is 4.39 Å². The van der Waals surface area contributed by atoms with Crippen molar-refractivity contribution in [1.29, 1.82) is 0 Å². The minimum absolute atomic E-state index is 0.272. The fourth-order valence-electron chi connectivity index (χ4n) is 3.83. The van der Waals surface area contributed by atoms with Crippen LogP contribution in [0.25, 0.3) is 0 Å². The Morgan fingerprint density at radius 1 is 1.26 bits per heavy atom. The first kappa shape index (κ1) is 14.4. The van der Waals surface area contributed by atoms with Gasteiger partial charge in [-0.3, -0.25) is 15.4 Å². The number of nitrogens with zero attached hydrogens (tertiary/aromatic N) is 1. The number of anilines is 1. The second-order valence-corrected chi connectivity index (χ2v) is 6.28. The van der Waals surface area contributed by atoms with Crippen LogP contribution in [0.5, 0.6) is 0 Å². The van der Waals surface area contributed by atoms with Gasteiger partial charge in [0.25, 0.3) is 6.04 Å². The molecule has 5 nitrogen and oxygen atoms in total. The van der Waals surface area contributed by atoms with E-state index >= 15 is 0 Å². The molecule has 118 valence electrons. The molecule has 0 spiro atoms. The molecule has 4 rings (SSSR count). The summed E-state index contributed by atoms with van der Waals surface area (Å²) < 4.78 is 14.5. The molecule has 2 aliphatic rings. The minimum atomic E-state index is -1.23. The zero-order chi connectivity index (χ0) is 16.2. The number of fused-ring (bicyclic) bond motifs is 4. The number of benzene rings is 2. The summed E-state index contributed by atoms with van der Waals surface area (Å²) in [5, 5.41) is 18.6. The Morgan fingerprint density at radius 2 is 2.04 bits per heavy atom. The molecule has 1 fully saturated rings. The molecular weight excluding hydrogens is 321 g/mol. The van der Waals surface area contributed by atoms with Gasteiger partial charge in [-0.15, -0.1) is 0 Å². The second kappa shape index (κ2) is 4.91. The number of halogens is 2. The highest BCUT2D eigenvalue weighted by Crippen LogP contribution is 2.48. The normalized spacial score (nSPS) is 28.1. The predicted molar refractivity (Wildman–Crippen MR) is 84.8 cm³/mol. The van der Waals surface area contributed by atoms with Crippen molar-refractivity contribution < 1.29 is 9.31 Å². The van der Waals surface area contributed by atoms with E-state index in [1.807, 2.05) is 0 Å². The molecule has 2 bridgehead atoms. The number of hydrogen-bond acceptors (Lipinski definition) is 4. The summed E-state index contributed by atoms with van der Waals surface area (Å²) in [4.78, 5) is 11.4. The third kappa shape index (κ3) is 1.88. The topological polar surface area (TPSA) is 67.2 Å². The lowest BCUT2D eigenvalue weighted by atomic mass is 9.74. The molecule has 0 saturated carbocycles. The standard InChI is InChI=1S/C16H13ClFN3O2/c17-9-5-6-13-11(7-9)16(10-3-1-2-4-12(10)18)15(21(22)23)14(20-13)8-19-16/h1-7,14-15,19-20H,8H2. The molecule has 7 heteroatoms. The maximum atomic E-state index is 14.5.